The molecule has 0 spiro atoms. The highest BCUT2D eigenvalue weighted by molar-refractivity contribution is 9.10. The number of methoxy groups -OCH3 is 2. The van der Waals surface area contributed by atoms with E-state index < -0.39 is 28.5 Å². The lowest BCUT2D eigenvalue weighted by atomic mass is 10.0. The Morgan fingerprint density at radius 3 is 2.13 bits per heavy atom. The number of benzene rings is 4. The zero-order valence-electron chi connectivity index (χ0n) is 27.0. The first-order valence-corrected chi connectivity index (χ1v) is 17.5. The predicted molar refractivity (Wildman–Crippen MR) is 187 cm³/mol. The van der Waals surface area contributed by atoms with E-state index in [2.05, 4.69) is 21.2 Å². The molecule has 1 atom stereocenters. The molecule has 0 aliphatic carbocycles. The van der Waals surface area contributed by atoms with Crippen LogP contribution in [0.4, 0.5) is 5.69 Å². The first-order valence-electron chi connectivity index (χ1n) is 15.2. The van der Waals surface area contributed by atoms with Gasteiger partial charge in [0, 0.05) is 30.0 Å². The second-order valence-electron chi connectivity index (χ2n) is 11.0. The maximum atomic E-state index is 14.6. The molecule has 0 bridgehead atoms. The summed E-state index contributed by atoms with van der Waals surface area (Å²) in [5.41, 5.74) is 2.74. The van der Waals surface area contributed by atoms with E-state index in [1.165, 1.54) is 37.3 Å². The summed E-state index contributed by atoms with van der Waals surface area (Å²) in [5.74, 6) is -0.164. The Morgan fingerprint density at radius 1 is 0.851 bits per heavy atom. The second kappa shape index (κ2) is 16.5. The van der Waals surface area contributed by atoms with Crippen LogP contribution >= 0.6 is 15.9 Å². The fourth-order valence-corrected chi connectivity index (χ4v) is 6.72. The molecule has 0 aliphatic heterocycles. The monoisotopic (exact) mass is 721 g/mol. The highest BCUT2D eigenvalue weighted by atomic mass is 79.9. The molecule has 248 valence electrons. The largest absolute Gasteiger partial charge is 0.493 e. The molecule has 47 heavy (non-hydrogen) atoms. The van der Waals surface area contributed by atoms with Crippen molar-refractivity contribution in [3.05, 3.63) is 118 Å². The molecule has 0 radical (unpaired) electrons. The topological polar surface area (TPSA) is 105 Å². The van der Waals surface area contributed by atoms with E-state index in [1.807, 2.05) is 68.4 Å². The van der Waals surface area contributed by atoms with Crippen LogP contribution in [0, 0.1) is 6.92 Å². The normalized spacial score (nSPS) is 11.8. The second-order valence-corrected chi connectivity index (χ2v) is 13.8. The average Bonchev–Trinajstić information content (AvgIpc) is 3.08. The van der Waals surface area contributed by atoms with Crippen molar-refractivity contribution in [2.45, 2.75) is 44.2 Å². The van der Waals surface area contributed by atoms with E-state index >= 15 is 0 Å². The Balaban J connectivity index is 1.83. The summed E-state index contributed by atoms with van der Waals surface area (Å²) in [6, 6.07) is 27.1. The summed E-state index contributed by atoms with van der Waals surface area (Å²) < 4.78 is 41.4. The van der Waals surface area contributed by atoms with Gasteiger partial charge in [-0.1, -0.05) is 83.0 Å². The third-order valence-electron chi connectivity index (χ3n) is 7.63. The lowest BCUT2D eigenvalue weighted by Gasteiger charge is -2.34. The fraction of sp³-hybridized carbons (Fsp3) is 0.278. The number of ether oxygens (including phenoxy) is 2. The van der Waals surface area contributed by atoms with Gasteiger partial charge in [-0.15, -0.1) is 0 Å². The quantitative estimate of drug-likeness (QED) is 0.158. The number of hydrogen-bond acceptors (Lipinski definition) is 6. The number of anilines is 1. The molecule has 4 aromatic carbocycles. The Labute approximate surface area is 285 Å². The van der Waals surface area contributed by atoms with Gasteiger partial charge in [0.15, 0.2) is 11.5 Å². The van der Waals surface area contributed by atoms with Gasteiger partial charge in [0.25, 0.3) is 10.0 Å². The predicted octanol–water partition coefficient (Wildman–Crippen LogP) is 6.14. The molecule has 9 nitrogen and oxygen atoms in total. The molecule has 0 aliphatic rings. The molecule has 2 amide bonds. The van der Waals surface area contributed by atoms with E-state index in [9.17, 15) is 18.0 Å². The number of halogens is 1. The van der Waals surface area contributed by atoms with Crippen LogP contribution in [0.25, 0.3) is 0 Å². The number of carbonyl (C=O) groups is 2. The van der Waals surface area contributed by atoms with Gasteiger partial charge in [0.1, 0.15) is 12.6 Å². The van der Waals surface area contributed by atoms with Gasteiger partial charge >= 0.3 is 0 Å². The summed E-state index contributed by atoms with van der Waals surface area (Å²) in [7, 11) is -1.32. The molecular formula is C36H40BrN3O6S. The molecule has 1 N–H and O–H groups in total. The molecule has 11 heteroatoms. The summed E-state index contributed by atoms with van der Waals surface area (Å²) in [6.07, 6.45) is 0.950. The van der Waals surface area contributed by atoms with Crippen LogP contribution in [-0.4, -0.2) is 58.5 Å². The fourth-order valence-electron chi connectivity index (χ4n) is 5.05. The zero-order chi connectivity index (χ0) is 34.0. The number of nitrogens with one attached hydrogen (secondary N) is 1. The maximum Gasteiger partial charge on any atom is 0.264 e. The Hall–Kier alpha value is -4.35. The smallest absolute Gasteiger partial charge is 0.264 e. The SMILES string of the molecule is CCCNC(=O)[C@@H](Cc1ccccc1)N(Cc1ccc(Br)cc1)C(=O)CN(c1ccc(OC)c(OC)c1)S(=O)(=O)c1ccc(C)cc1. The summed E-state index contributed by atoms with van der Waals surface area (Å²) in [6.45, 7) is 3.75. The van der Waals surface area contributed by atoms with Gasteiger partial charge in [-0.25, -0.2) is 8.42 Å². The van der Waals surface area contributed by atoms with E-state index in [4.69, 9.17) is 9.47 Å². The number of hydrogen-bond donors (Lipinski definition) is 1. The summed E-state index contributed by atoms with van der Waals surface area (Å²) in [5, 5.41) is 2.95. The minimum atomic E-state index is -4.26. The van der Waals surface area contributed by atoms with E-state index in [0.29, 0.717) is 24.5 Å². The molecule has 0 heterocycles. The molecular weight excluding hydrogens is 682 g/mol. The van der Waals surface area contributed by atoms with E-state index in [0.717, 1.165) is 25.5 Å². The number of carbonyl (C=O) groups excluding carboxylic acids is 2. The Bertz CT molecular complexity index is 1750. The van der Waals surface area contributed by atoms with Crippen LogP contribution in [0.1, 0.15) is 30.0 Å². The van der Waals surface area contributed by atoms with Gasteiger partial charge < -0.3 is 19.7 Å². The van der Waals surface area contributed by atoms with Crippen LogP contribution in [-0.2, 0) is 32.6 Å². The molecule has 0 saturated carbocycles. The number of rotatable bonds is 15. The van der Waals surface area contributed by atoms with E-state index in [-0.39, 0.29) is 29.5 Å². The van der Waals surface area contributed by atoms with Crippen molar-refractivity contribution >= 4 is 43.5 Å². The lowest BCUT2D eigenvalue weighted by molar-refractivity contribution is -0.140. The third-order valence-corrected chi connectivity index (χ3v) is 9.95. The van der Waals surface area contributed by atoms with Crippen LogP contribution in [0.5, 0.6) is 11.5 Å². The highest BCUT2D eigenvalue weighted by Crippen LogP contribution is 2.34. The molecule has 4 rings (SSSR count). The number of nitrogens with zero attached hydrogens (tertiary/aromatic N) is 2. The minimum absolute atomic E-state index is 0.0201. The minimum Gasteiger partial charge on any atom is -0.493 e. The maximum absolute atomic E-state index is 14.6. The molecule has 0 aromatic heterocycles. The average molecular weight is 723 g/mol. The van der Waals surface area contributed by atoms with E-state index in [1.54, 1.807) is 24.3 Å². The number of sulfonamides is 1. The first kappa shape index (κ1) is 35.5. The molecule has 0 fully saturated rings. The van der Waals surface area contributed by atoms with Gasteiger partial charge in [0.2, 0.25) is 11.8 Å². The van der Waals surface area contributed by atoms with Crippen molar-refractivity contribution in [2.75, 3.05) is 31.6 Å². The standard InChI is InChI=1S/C36H40BrN3O6S/c1-5-21-38-36(42)32(22-27-9-7-6-8-10-27)39(24-28-13-15-29(37)16-14-28)35(41)25-40(30-17-20-33(45-3)34(23-30)46-4)47(43,44)31-18-11-26(2)12-19-31/h6-20,23,32H,5,21-22,24-25H2,1-4H3,(H,38,42)/t32-/m1/s1. The van der Waals surface area contributed by atoms with Crippen LogP contribution in [0.15, 0.2) is 106 Å². The molecule has 0 unspecified atom stereocenters. The van der Waals surface area contributed by atoms with Crippen molar-refractivity contribution in [1.82, 2.24) is 10.2 Å². The van der Waals surface area contributed by atoms with Crippen LogP contribution in [0.3, 0.4) is 0 Å². The van der Waals surface area contributed by atoms with Crippen LogP contribution < -0.4 is 19.1 Å². The molecule has 0 saturated heterocycles. The molecule has 4 aromatic rings. The van der Waals surface area contributed by atoms with Crippen molar-refractivity contribution < 1.29 is 27.5 Å². The number of amides is 2. The summed E-state index contributed by atoms with van der Waals surface area (Å²) in [4.78, 5) is 29.9. The van der Waals surface area contributed by atoms with Gasteiger partial charge in [-0.3, -0.25) is 13.9 Å². The van der Waals surface area contributed by atoms with Gasteiger partial charge in [-0.2, -0.15) is 0 Å². The number of aryl methyl sites for hydroxylation is 1. The first-order chi connectivity index (χ1) is 22.6. The van der Waals surface area contributed by atoms with Gasteiger partial charge in [0.05, 0.1) is 24.8 Å². The Morgan fingerprint density at radius 2 is 1.51 bits per heavy atom. The van der Waals surface area contributed by atoms with Crippen molar-refractivity contribution in [1.29, 1.82) is 0 Å². The zero-order valence-corrected chi connectivity index (χ0v) is 29.4. The van der Waals surface area contributed by atoms with Gasteiger partial charge in [-0.05, 0) is 60.9 Å². The Kier molecular flexibility index (Phi) is 12.4. The van der Waals surface area contributed by atoms with Crippen molar-refractivity contribution in [3.63, 3.8) is 0 Å². The highest BCUT2D eigenvalue weighted by Gasteiger charge is 2.35. The lowest BCUT2D eigenvalue weighted by Crippen LogP contribution is -2.53. The van der Waals surface area contributed by atoms with Crippen LogP contribution in [0.2, 0.25) is 0 Å². The van der Waals surface area contributed by atoms with Crippen molar-refractivity contribution in [2.24, 2.45) is 0 Å². The third kappa shape index (κ3) is 9.14. The summed E-state index contributed by atoms with van der Waals surface area (Å²) >= 11 is 3.46. The van der Waals surface area contributed by atoms with Crippen molar-refractivity contribution in [3.8, 4) is 11.5 Å².